The fourth-order valence-corrected chi connectivity index (χ4v) is 1.25. The van der Waals surface area contributed by atoms with Gasteiger partial charge in [-0.1, -0.05) is 0 Å². The lowest BCUT2D eigenvalue weighted by molar-refractivity contribution is -0.158. The maximum absolute atomic E-state index is 11.7. The molecule has 0 radical (unpaired) electrons. The topological polar surface area (TPSA) is 119 Å². The van der Waals surface area contributed by atoms with Crippen molar-refractivity contribution in [2.24, 2.45) is 5.73 Å². The summed E-state index contributed by atoms with van der Waals surface area (Å²) in [4.78, 5) is 33.5. The third-order valence-corrected chi connectivity index (χ3v) is 2.06. The van der Waals surface area contributed by atoms with Gasteiger partial charge in [0.05, 0.1) is 0 Å². The van der Waals surface area contributed by atoms with E-state index in [-0.39, 0.29) is 25.8 Å². The van der Waals surface area contributed by atoms with E-state index >= 15 is 0 Å². The summed E-state index contributed by atoms with van der Waals surface area (Å²) in [6.45, 7) is 5.08. The number of aliphatic carboxylic acids is 1. The Balaban J connectivity index is 4.21. The van der Waals surface area contributed by atoms with Crippen molar-refractivity contribution in [3.05, 3.63) is 0 Å². The van der Waals surface area contributed by atoms with Gasteiger partial charge >= 0.3 is 11.9 Å². The smallest absolute Gasteiger partial charge is 0.330 e. The Morgan fingerprint density at radius 3 is 2.26 bits per heavy atom. The molecule has 110 valence electrons. The van der Waals surface area contributed by atoms with Crippen molar-refractivity contribution >= 4 is 17.8 Å². The van der Waals surface area contributed by atoms with Crippen LogP contribution >= 0.6 is 0 Å². The van der Waals surface area contributed by atoms with E-state index in [2.05, 4.69) is 5.32 Å². The second-order valence-electron chi connectivity index (χ2n) is 5.14. The zero-order chi connectivity index (χ0) is 15.1. The summed E-state index contributed by atoms with van der Waals surface area (Å²) in [7, 11) is 0. The van der Waals surface area contributed by atoms with E-state index in [9.17, 15) is 14.4 Å². The highest BCUT2D eigenvalue weighted by molar-refractivity contribution is 5.85. The van der Waals surface area contributed by atoms with Gasteiger partial charge in [-0.3, -0.25) is 9.59 Å². The van der Waals surface area contributed by atoms with Crippen molar-refractivity contribution in [2.75, 3.05) is 6.54 Å². The number of carboxylic acids is 1. The van der Waals surface area contributed by atoms with Gasteiger partial charge in [-0.25, -0.2) is 4.79 Å². The van der Waals surface area contributed by atoms with Crippen LogP contribution in [0.25, 0.3) is 0 Å². The highest BCUT2D eigenvalue weighted by atomic mass is 16.6. The molecule has 1 unspecified atom stereocenters. The van der Waals surface area contributed by atoms with Crippen molar-refractivity contribution in [3.63, 3.8) is 0 Å². The van der Waals surface area contributed by atoms with Crippen LogP contribution in [0.1, 0.15) is 40.0 Å². The zero-order valence-corrected chi connectivity index (χ0v) is 11.6. The first kappa shape index (κ1) is 17.4. The molecule has 0 heterocycles. The maximum Gasteiger partial charge on any atom is 0.330 e. The number of hydrogen-bond donors (Lipinski definition) is 3. The number of esters is 1. The molecule has 0 saturated heterocycles. The van der Waals surface area contributed by atoms with Gasteiger partial charge in [-0.15, -0.1) is 0 Å². The standard InChI is InChI=1S/C12H22N2O5/c1-12(2,3)19-11(18)8(7-13)14-9(15)5-4-6-10(16)17/h8H,4-7,13H2,1-3H3,(H,14,15)(H,16,17). The second kappa shape index (κ2) is 7.73. The van der Waals surface area contributed by atoms with Gasteiger partial charge < -0.3 is 20.9 Å². The molecule has 0 aromatic rings. The molecular weight excluding hydrogens is 252 g/mol. The molecule has 1 atom stereocenters. The monoisotopic (exact) mass is 274 g/mol. The lowest BCUT2D eigenvalue weighted by Gasteiger charge is -2.23. The van der Waals surface area contributed by atoms with Gasteiger partial charge in [0.2, 0.25) is 5.91 Å². The van der Waals surface area contributed by atoms with Crippen LogP contribution in [0, 0.1) is 0 Å². The third kappa shape index (κ3) is 9.01. The van der Waals surface area contributed by atoms with Crippen LogP contribution in [0.4, 0.5) is 0 Å². The maximum atomic E-state index is 11.7. The summed E-state index contributed by atoms with van der Waals surface area (Å²) >= 11 is 0. The minimum atomic E-state index is -0.963. The molecule has 0 rings (SSSR count). The first-order valence-corrected chi connectivity index (χ1v) is 6.10. The van der Waals surface area contributed by atoms with Crippen molar-refractivity contribution in [2.45, 2.75) is 51.7 Å². The highest BCUT2D eigenvalue weighted by Crippen LogP contribution is 2.08. The van der Waals surface area contributed by atoms with Crippen molar-refractivity contribution in [1.29, 1.82) is 0 Å². The van der Waals surface area contributed by atoms with Crippen LogP contribution in [0.15, 0.2) is 0 Å². The molecule has 0 aromatic heterocycles. The Morgan fingerprint density at radius 2 is 1.84 bits per heavy atom. The number of carbonyl (C=O) groups excluding carboxylic acids is 2. The fraction of sp³-hybridized carbons (Fsp3) is 0.750. The SMILES string of the molecule is CC(C)(C)OC(=O)C(CN)NC(=O)CCCC(=O)O. The number of carbonyl (C=O) groups is 3. The minimum Gasteiger partial charge on any atom is -0.481 e. The summed E-state index contributed by atoms with van der Waals surface area (Å²) in [5.74, 6) is -1.97. The van der Waals surface area contributed by atoms with Crippen LogP contribution < -0.4 is 11.1 Å². The van der Waals surface area contributed by atoms with Crippen molar-refractivity contribution in [1.82, 2.24) is 5.32 Å². The van der Waals surface area contributed by atoms with Crippen LogP contribution in [-0.2, 0) is 19.1 Å². The Hall–Kier alpha value is -1.63. The van der Waals surface area contributed by atoms with Crippen LogP contribution in [0.2, 0.25) is 0 Å². The molecule has 0 aliphatic heterocycles. The average Bonchev–Trinajstić information content (AvgIpc) is 2.22. The number of amides is 1. The summed E-state index contributed by atoms with van der Waals surface area (Å²) in [5, 5.41) is 10.9. The number of hydrogen-bond acceptors (Lipinski definition) is 5. The molecule has 0 spiro atoms. The van der Waals surface area contributed by atoms with Crippen molar-refractivity contribution in [3.8, 4) is 0 Å². The minimum absolute atomic E-state index is 0.0333. The van der Waals surface area contributed by atoms with E-state index in [1.807, 2.05) is 0 Å². The molecule has 0 aliphatic rings. The molecule has 0 fully saturated rings. The first-order valence-electron chi connectivity index (χ1n) is 6.10. The molecule has 0 bridgehead atoms. The van der Waals surface area contributed by atoms with Gasteiger partial charge in [0.25, 0.3) is 0 Å². The third-order valence-electron chi connectivity index (χ3n) is 2.06. The van der Waals surface area contributed by atoms with E-state index in [1.54, 1.807) is 20.8 Å². The largest absolute Gasteiger partial charge is 0.481 e. The predicted octanol–water partition coefficient (Wildman–Crippen LogP) is 0.0265. The molecule has 0 saturated carbocycles. The fourth-order valence-electron chi connectivity index (χ4n) is 1.25. The number of nitrogens with two attached hydrogens (primary N) is 1. The second-order valence-corrected chi connectivity index (χ2v) is 5.14. The van der Waals surface area contributed by atoms with E-state index in [1.165, 1.54) is 0 Å². The molecular formula is C12H22N2O5. The van der Waals surface area contributed by atoms with Crippen LogP contribution in [0.3, 0.4) is 0 Å². The summed E-state index contributed by atoms with van der Waals surface area (Å²) in [6, 6.07) is -0.906. The lowest BCUT2D eigenvalue weighted by Crippen LogP contribution is -2.48. The van der Waals surface area contributed by atoms with E-state index in [0.717, 1.165) is 0 Å². The van der Waals surface area contributed by atoms with Gasteiger partial charge in [0.15, 0.2) is 0 Å². The molecule has 7 heteroatoms. The Kier molecular flexibility index (Phi) is 7.06. The number of nitrogens with one attached hydrogen (secondary N) is 1. The highest BCUT2D eigenvalue weighted by Gasteiger charge is 2.25. The summed E-state index contributed by atoms with van der Waals surface area (Å²) < 4.78 is 5.11. The Bertz CT molecular complexity index is 336. The van der Waals surface area contributed by atoms with Gasteiger partial charge in [-0.2, -0.15) is 0 Å². The number of carboxylic acid groups (broad SMARTS) is 1. The first-order chi connectivity index (χ1) is 8.65. The van der Waals surface area contributed by atoms with Crippen LogP contribution in [-0.4, -0.2) is 41.1 Å². The van der Waals surface area contributed by atoms with Gasteiger partial charge in [-0.05, 0) is 27.2 Å². The normalized spacial score (nSPS) is 12.6. The molecule has 0 aromatic carbocycles. The Morgan fingerprint density at radius 1 is 1.26 bits per heavy atom. The Labute approximate surface area is 112 Å². The average molecular weight is 274 g/mol. The number of ether oxygens (including phenoxy) is 1. The quantitative estimate of drug-likeness (QED) is 0.563. The molecule has 19 heavy (non-hydrogen) atoms. The zero-order valence-electron chi connectivity index (χ0n) is 11.6. The number of rotatable bonds is 7. The summed E-state index contributed by atoms with van der Waals surface area (Å²) in [5.41, 5.74) is 4.75. The summed E-state index contributed by atoms with van der Waals surface area (Å²) in [6.07, 6.45) is 0.158. The molecule has 0 aliphatic carbocycles. The van der Waals surface area contributed by atoms with Gasteiger partial charge in [0.1, 0.15) is 11.6 Å². The van der Waals surface area contributed by atoms with E-state index in [4.69, 9.17) is 15.6 Å². The van der Waals surface area contributed by atoms with Crippen LogP contribution in [0.5, 0.6) is 0 Å². The molecule has 4 N–H and O–H groups in total. The molecule has 7 nitrogen and oxygen atoms in total. The lowest BCUT2D eigenvalue weighted by atomic mass is 10.2. The van der Waals surface area contributed by atoms with Gasteiger partial charge in [0, 0.05) is 19.4 Å². The van der Waals surface area contributed by atoms with E-state index < -0.39 is 29.5 Å². The predicted molar refractivity (Wildman–Crippen MR) is 68.3 cm³/mol. The van der Waals surface area contributed by atoms with Crippen molar-refractivity contribution < 1.29 is 24.2 Å². The van der Waals surface area contributed by atoms with E-state index in [0.29, 0.717) is 0 Å². The molecule has 1 amide bonds.